The van der Waals surface area contributed by atoms with Crippen molar-refractivity contribution in [2.24, 2.45) is 5.92 Å². The number of aliphatic carboxylic acids is 1. The monoisotopic (exact) mass is 564 g/mol. The fourth-order valence-corrected chi connectivity index (χ4v) is 4.62. The molecule has 0 heterocycles. The number of para-hydroxylation sites is 2. The van der Waals surface area contributed by atoms with Crippen LogP contribution in [0.15, 0.2) is 109 Å². The third-order valence-electron chi connectivity index (χ3n) is 6.73. The van der Waals surface area contributed by atoms with E-state index in [2.05, 4.69) is 5.32 Å². The smallest absolute Gasteiger partial charge is 0.326 e. The molecule has 1 atom stereocenters. The topological polar surface area (TPSA) is 95.9 Å². The molecule has 7 nitrogen and oxygen atoms in total. The molecule has 0 bridgehead atoms. The summed E-state index contributed by atoms with van der Waals surface area (Å²) in [7, 11) is 0. The number of carboxylic acid groups (broad SMARTS) is 1. The Morgan fingerprint density at radius 1 is 0.810 bits per heavy atom. The summed E-state index contributed by atoms with van der Waals surface area (Å²) < 4.78 is 5.94. The van der Waals surface area contributed by atoms with Crippen LogP contribution in [0.5, 0.6) is 5.75 Å². The van der Waals surface area contributed by atoms with E-state index in [9.17, 15) is 19.5 Å². The van der Waals surface area contributed by atoms with E-state index in [0.29, 0.717) is 42.1 Å². The number of rotatable bonds is 14. The molecule has 0 aliphatic rings. The molecule has 7 heteroatoms. The highest BCUT2D eigenvalue weighted by atomic mass is 16.5. The molecule has 0 spiro atoms. The average molecular weight is 565 g/mol. The summed E-state index contributed by atoms with van der Waals surface area (Å²) in [6.45, 7) is 4.76. The average Bonchev–Trinajstić information content (AvgIpc) is 3.00. The lowest BCUT2D eigenvalue weighted by Crippen LogP contribution is -2.35. The van der Waals surface area contributed by atoms with Crippen molar-refractivity contribution >= 4 is 29.0 Å². The van der Waals surface area contributed by atoms with Crippen LogP contribution in [0.25, 0.3) is 0 Å². The molecule has 1 amide bonds. The quantitative estimate of drug-likeness (QED) is 0.170. The van der Waals surface area contributed by atoms with Gasteiger partial charge >= 0.3 is 5.97 Å². The summed E-state index contributed by atoms with van der Waals surface area (Å²) in [5.74, 6) is -0.277. The Hall–Kier alpha value is -4.91. The number of carbonyl (C=O) groups excluding carboxylic acids is 2. The lowest BCUT2D eigenvalue weighted by Gasteiger charge is -2.24. The number of carbonyl (C=O) groups is 3. The summed E-state index contributed by atoms with van der Waals surface area (Å²) in [5, 5.41) is 13.0. The van der Waals surface area contributed by atoms with Crippen LogP contribution in [-0.2, 0) is 16.0 Å². The molecule has 4 aromatic carbocycles. The zero-order chi connectivity index (χ0) is 29.9. The fourth-order valence-electron chi connectivity index (χ4n) is 4.62. The molecule has 0 aliphatic carbocycles. The number of nitrogens with one attached hydrogen (secondary N) is 1. The predicted octanol–water partition coefficient (Wildman–Crippen LogP) is 6.48. The molecule has 4 rings (SSSR count). The minimum absolute atomic E-state index is 0.0504. The summed E-state index contributed by atoms with van der Waals surface area (Å²) in [6.07, 6.45) is 0.655. The molecular weight excluding hydrogens is 528 g/mol. The van der Waals surface area contributed by atoms with Crippen LogP contribution in [0.3, 0.4) is 0 Å². The van der Waals surface area contributed by atoms with Gasteiger partial charge in [0.25, 0.3) is 0 Å². The van der Waals surface area contributed by atoms with Crippen molar-refractivity contribution in [2.75, 3.05) is 23.4 Å². The van der Waals surface area contributed by atoms with Crippen molar-refractivity contribution < 1.29 is 24.2 Å². The van der Waals surface area contributed by atoms with Crippen LogP contribution < -0.4 is 15.0 Å². The molecule has 0 radical (unpaired) electrons. The zero-order valence-corrected chi connectivity index (χ0v) is 23.9. The van der Waals surface area contributed by atoms with Crippen molar-refractivity contribution in [3.8, 4) is 5.75 Å². The predicted molar refractivity (Wildman–Crippen MR) is 165 cm³/mol. The third kappa shape index (κ3) is 8.30. The zero-order valence-electron chi connectivity index (χ0n) is 23.9. The van der Waals surface area contributed by atoms with Crippen LogP contribution in [0.1, 0.15) is 41.8 Å². The maximum absolute atomic E-state index is 13.1. The number of hydrogen-bond acceptors (Lipinski definition) is 5. The van der Waals surface area contributed by atoms with E-state index in [0.717, 1.165) is 11.3 Å². The Kier molecular flexibility index (Phi) is 10.5. The Labute approximate surface area is 246 Å². The standard InChI is InChI=1S/C35H36N2O5/c1-25(2)23-33(38)37(28-13-7-4-8-14-28)21-22-42-29-19-17-26(18-20-29)24-32(35(40)41)36-31-16-10-9-15-30(31)34(39)27-11-5-3-6-12-27/h3-20,25,32,36H,21-24H2,1-2H3,(H,40,41). The first-order valence-corrected chi connectivity index (χ1v) is 14.1. The third-order valence-corrected chi connectivity index (χ3v) is 6.73. The highest BCUT2D eigenvalue weighted by molar-refractivity contribution is 6.12. The van der Waals surface area contributed by atoms with Gasteiger partial charge in [-0.05, 0) is 47.9 Å². The van der Waals surface area contributed by atoms with E-state index in [-0.39, 0.29) is 24.0 Å². The number of benzene rings is 4. The van der Waals surface area contributed by atoms with Crippen molar-refractivity contribution in [3.63, 3.8) is 0 Å². The second kappa shape index (κ2) is 14.6. The molecule has 42 heavy (non-hydrogen) atoms. The minimum Gasteiger partial charge on any atom is -0.492 e. The minimum atomic E-state index is -1.02. The number of anilines is 2. The number of nitrogens with zero attached hydrogens (tertiary/aromatic N) is 1. The van der Waals surface area contributed by atoms with Gasteiger partial charge in [0.05, 0.1) is 6.54 Å². The molecule has 0 saturated carbocycles. The molecule has 2 N–H and O–H groups in total. The first kappa shape index (κ1) is 30.1. The van der Waals surface area contributed by atoms with Crippen molar-refractivity contribution in [1.29, 1.82) is 0 Å². The molecule has 0 aromatic heterocycles. The van der Waals surface area contributed by atoms with Crippen molar-refractivity contribution in [2.45, 2.75) is 32.7 Å². The second-order valence-corrected chi connectivity index (χ2v) is 10.5. The Morgan fingerprint density at radius 3 is 2.07 bits per heavy atom. The molecule has 1 unspecified atom stereocenters. The van der Waals surface area contributed by atoms with E-state index in [4.69, 9.17) is 4.74 Å². The first-order chi connectivity index (χ1) is 20.3. The normalized spacial score (nSPS) is 11.5. The van der Waals surface area contributed by atoms with Gasteiger partial charge in [0.15, 0.2) is 5.78 Å². The van der Waals surface area contributed by atoms with Gasteiger partial charge in [-0.1, -0.05) is 86.6 Å². The van der Waals surface area contributed by atoms with Crippen LogP contribution in [-0.4, -0.2) is 42.0 Å². The van der Waals surface area contributed by atoms with Gasteiger partial charge in [0.1, 0.15) is 18.4 Å². The Balaban J connectivity index is 1.38. The van der Waals surface area contributed by atoms with Gasteiger partial charge in [0.2, 0.25) is 5.91 Å². The fraction of sp³-hybridized carbons (Fsp3) is 0.229. The van der Waals surface area contributed by atoms with E-state index >= 15 is 0 Å². The number of carboxylic acids is 1. The van der Waals surface area contributed by atoms with E-state index in [1.54, 1.807) is 65.6 Å². The van der Waals surface area contributed by atoms with Crippen LogP contribution in [0.2, 0.25) is 0 Å². The molecular formula is C35H36N2O5. The van der Waals surface area contributed by atoms with Gasteiger partial charge < -0.3 is 20.1 Å². The number of ether oxygens (including phenoxy) is 1. The lowest BCUT2D eigenvalue weighted by atomic mass is 10.00. The number of hydrogen-bond donors (Lipinski definition) is 2. The van der Waals surface area contributed by atoms with Crippen LogP contribution in [0.4, 0.5) is 11.4 Å². The second-order valence-electron chi connectivity index (χ2n) is 10.5. The van der Waals surface area contributed by atoms with Gasteiger partial charge in [-0.2, -0.15) is 0 Å². The lowest BCUT2D eigenvalue weighted by molar-refractivity contribution is -0.137. The van der Waals surface area contributed by atoms with Gasteiger partial charge in [-0.15, -0.1) is 0 Å². The molecule has 216 valence electrons. The summed E-state index contributed by atoms with van der Waals surface area (Å²) in [4.78, 5) is 39.9. The maximum Gasteiger partial charge on any atom is 0.326 e. The van der Waals surface area contributed by atoms with E-state index in [1.807, 2.05) is 62.4 Å². The number of amides is 1. The summed E-state index contributed by atoms with van der Waals surface area (Å²) >= 11 is 0. The van der Waals surface area contributed by atoms with Gasteiger partial charge in [-0.3, -0.25) is 9.59 Å². The van der Waals surface area contributed by atoms with Crippen LogP contribution in [0, 0.1) is 5.92 Å². The summed E-state index contributed by atoms with van der Waals surface area (Å²) in [5.41, 5.74) is 3.04. The number of ketones is 1. The van der Waals surface area contributed by atoms with E-state index in [1.165, 1.54) is 0 Å². The highest BCUT2D eigenvalue weighted by Crippen LogP contribution is 2.22. The highest BCUT2D eigenvalue weighted by Gasteiger charge is 2.22. The van der Waals surface area contributed by atoms with E-state index < -0.39 is 12.0 Å². The van der Waals surface area contributed by atoms with Gasteiger partial charge in [0, 0.05) is 35.3 Å². The maximum atomic E-state index is 13.1. The summed E-state index contributed by atoms with van der Waals surface area (Å²) in [6, 6.07) is 31.7. The van der Waals surface area contributed by atoms with Crippen LogP contribution >= 0.6 is 0 Å². The SMILES string of the molecule is CC(C)CC(=O)N(CCOc1ccc(CC(Nc2ccccc2C(=O)c2ccccc2)C(=O)O)cc1)c1ccccc1. The van der Waals surface area contributed by atoms with Gasteiger partial charge in [-0.25, -0.2) is 4.79 Å². The van der Waals surface area contributed by atoms with Crippen molar-refractivity contribution in [3.05, 3.63) is 126 Å². The Bertz CT molecular complexity index is 1470. The van der Waals surface area contributed by atoms with Crippen molar-refractivity contribution in [1.82, 2.24) is 0 Å². The largest absolute Gasteiger partial charge is 0.492 e. The molecule has 0 aliphatic heterocycles. The molecule has 4 aromatic rings. The first-order valence-electron chi connectivity index (χ1n) is 14.1. The molecule has 0 saturated heterocycles. The Morgan fingerprint density at radius 2 is 1.43 bits per heavy atom. The molecule has 0 fully saturated rings.